The van der Waals surface area contributed by atoms with Crippen LogP contribution in [0.1, 0.15) is 30.6 Å². The first-order chi connectivity index (χ1) is 5.77. The van der Waals surface area contributed by atoms with Gasteiger partial charge in [0.1, 0.15) is 0 Å². The molecule has 1 unspecified atom stereocenters. The van der Waals surface area contributed by atoms with Crippen LogP contribution in [0.2, 0.25) is 0 Å². The maximum absolute atomic E-state index is 8.86. The number of hydrogen-bond acceptors (Lipinski definition) is 2. The van der Waals surface area contributed by atoms with E-state index in [4.69, 9.17) is 5.26 Å². The molecular formula is C9H10BrNS. The zero-order valence-corrected chi connectivity index (χ0v) is 9.28. The van der Waals surface area contributed by atoms with Crippen molar-refractivity contribution in [3.8, 4) is 6.07 Å². The predicted octanol–water partition coefficient (Wildman–Crippen LogP) is 3.92. The van der Waals surface area contributed by atoms with E-state index in [1.54, 1.807) is 11.3 Å². The topological polar surface area (TPSA) is 23.8 Å². The molecule has 64 valence electrons. The highest BCUT2D eigenvalue weighted by molar-refractivity contribution is 9.11. The number of thiophene rings is 1. The molecule has 1 atom stereocenters. The molecule has 1 heterocycles. The summed E-state index contributed by atoms with van der Waals surface area (Å²) in [6, 6.07) is 6.35. The fourth-order valence-electron chi connectivity index (χ4n) is 1.07. The largest absolute Gasteiger partial charge is 0.198 e. The molecular weight excluding hydrogens is 234 g/mol. The van der Waals surface area contributed by atoms with Crippen LogP contribution < -0.4 is 0 Å². The van der Waals surface area contributed by atoms with Crippen LogP contribution in [0.15, 0.2) is 15.9 Å². The van der Waals surface area contributed by atoms with Crippen LogP contribution in [0.5, 0.6) is 0 Å². The fourth-order valence-corrected chi connectivity index (χ4v) is 2.58. The highest BCUT2D eigenvalue weighted by Crippen LogP contribution is 2.30. The Morgan fingerprint density at radius 3 is 2.83 bits per heavy atom. The second-order valence-corrected chi connectivity index (χ2v) is 5.11. The van der Waals surface area contributed by atoms with Crippen molar-refractivity contribution in [1.82, 2.24) is 0 Å². The van der Waals surface area contributed by atoms with E-state index < -0.39 is 0 Å². The van der Waals surface area contributed by atoms with Crippen LogP contribution in [0, 0.1) is 11.3 Å². The number of halogens is 1. The third-order valence-corrected chi connectivity index (χ3v) is 3.41. The van der Waals surface area contributed by atoms with Gasteiger partial charge in [0, 0.05) is 4.88 Å². The van der Waals surface area contributed by atoms with Gasteiger partial charge in [0.05, 0.1) is 15.8 Å². The molecule has 0 N–H and O–H groups in total. The Morgan fingerprint density at radius 1 is 1.67 bits per heavy atom. The Labute approximate surface area is 85.2 Å². The molecule has 3 heteroatoms. The molecule has 12 heavy (non-hydrogen) atoms. The summed E-state index contributed by atoms with van der Waals surface area (Å²) in [6.45, 7) is 2.10. The lowest BCUT2D eigenvalue weighted by molar-refractivity contribution is 0.737. The third kappa shape index (κ3) is 2.33. The van der Waals surface area contributed by atoms with Gasteiger partial charge in [0.25, 0.3) is 0 Å². The maximum Gasteiger partial charge on any atom is 0.0806 e. The second-order valence-electron chi connectivity index (χ2n) is 2.61. The minimum atomic E-state index is 0.0892. The quantitative estimate of drug-likeness (QED) is 0.790. The van der Waals surface area contributed by atoms with Gasteiger partial charge in [-0.1, -0.05) is 13.3 Å². The molecule has 0 aliphatic rings. The van der Waals surface area contributed by atoms with Crippen LogP contribution in [-0.2, 0) is 0 Å². The van der Waals surface area contributed by atoms with Gasteiger partial charge in [0.15, 0.2) is 0 Å². The fraction of sp³-hybridized carbons (Fsp3) is 0.444. The van der Waals surface area contributed by atoms with Crippen LogP contribution in [0.25, 0.3) is 0 Å². The van der Waals surface area contributed by atoms with E-state index in [2.05, 4.69) is 28.9 Å². The van der Waals surface area contributed by atoms with E-state index in [9.17, 15) is 0 Å². The normalized spacial score (nSPS) is 12.4. The molecule has 0 aliphatic carbocycles. The van der Waals surface area contributed by atoms with E-state index in [-0.39, 0.29) is 5.92 Å². The van der Waals surface area contributed by atoms with Crippen molar-refractivity contribution in [3.05, 3.63) is 20.8 Å². The molecule has 0 saturated carbocycles. The van der Waals surface area contributed by atoms with E-state index >= 15 is 0 Å². The van der Waals surface area contributed by atoms with Gasteiger partial charge in [-0.3, -0.25) is 0 Å². The van der Waals surface area contributed by atoms with Crippen LogP contribution in [0.3, 0.4) is 0 Å². The first-order valence-electron chi connectivity index (χ1n) is 3.92. The summed E-state index contributed by atoms with van der Waals surface area (Å²) in [7, 11) is 0. The SMILES string of the molecule is CCCC(C#N)c1ccc(Br)s1. The van der Waals surface area contributed by atoms with Crippen molar-refractivity contribution < 1.29 is 0 Å². The minimum Gasteiger partial charge on any atom is -0.198 e. The minimum absolute atomic E-state index is 0.0892. The molecule has 0 aromatic carbocycles. The molecule has 0 spiro atoms. The number of hydrogen-bond donors (Lipinski definition) is 0. The van der Waals surface area contributed by atoms with Gasteiger partial charge in [-0.05, 0) is 34.5 Å². The smallest absolute Gasteiger partial charge is 0.0806 e. The van der Waals surface area contributed by atoms with Crippen LogP contribution in [-0.4, -0.2) is 0 Å². The Bertz CT molecular complexity index is 287. The van der Waals surface area contributed by atoms with E-state index in [1.165, 1.54) is 4.88 Å². The predicted molar refractivity (Wildman–Crippen MR) is 55.3 cm³/mol. The first-order valence-corrected chi connectivity index (χ1v) is 5.53. The van der Waals surface area contributed by atoms with E-state index in [1.807, 2.05) is 12.1 Å². The maximum atomic E-state index is 8.86. The van der Waals surface area contributed by atoms with Crippen LogP contribution >= 0.6 is 27.3 Å². The summed E-state index contributed by atoms with van der Waals surface area (Å²) in [5.74, 6) is 0.0892. The summed E-state index contributed by atoms with van der Waals surface area (Å²) >= 11 is 5.04. The van der Waals surface area contributed by atoms with Gasteiger partial charge >= 0.3 is 0 Å². The third-order valence-electron chi connectivity index (χ3n) is 1.67. The van der Waals surface area contributed by atoms with Gasteiger partial charge in [0.2, 0.25) is 0 Å². The van der Waals surface area contributed by atoms with Gasteiger partial charge in [-0.15, -0.1) is 11.3 Å². The summed E-state index contributed by atoms with van der Waals surface area (Å²) in [5, 5.41) is 8.86. The zero-order chi connectivity index (χ0) is 8.97. The van der Waals surface area contributed by atoms with Gasteiger partial charge in [-0.25, -0.2) is 0 Å². The lowest BCUT2D eigenvalue weighted by Crippen LogP contribution is -1.90. The molecule has 0 saturated heterocycles. The van der Waals surface area contributed by atoms with Crippen molar-refractivity contribution >= 4 is 27.3 Å². The molecule has 1 aromatic heterocycles. The molecule has 0 amide bonds. The summed E-state index contributed by atoms with van der Waals surface area (Å²) in [5.41, 5.74) is 0. The summed E-state index contributed by atoms with van der Waals surface area (Å²) in [6.07, 6.45) is 2.02. The highest BCUT2D eigenvalue weighted by Gasteiger charge is 2.10. The lowest BCUT2D eigenvalue weighted by atomic mass is 10.0. The Kier molecular flexibility index (Phi) is 3.77. The molecule has 0 bridgehead atoms. The number of rotatable bonds is 3. The Hall–Kier alpha value is -0.330. The summed E-state index contributed by atoms with van der Waals surface area (Å²) < 4.78 is 1.11. The summed E-state index contributed by atoms with van der Waals surface area (Å²) in [4.78, 5) is 1.17. The molecule has 1 rings (SSSR count). The highest BCUT2D eigenvalue weighted by atomic mass is 79.9. The van der Waals surface area contributed by atoms with E-state index in [0.29, 0.717) is 0 Å². The first kappa shape index (κ1) is 9.76. The van der Waals surface area contributed by atoms with Crippen molar-refractivity contribution in [1.29, 1.82) is 5.26 Å². The van der Waals surface area contributed by atoms with Gasteiger partial charge < -0.3 is 0 Å². The number of nitriles is 1. The lowest BCUT2D eigenvalue weighted by Gasteiger charge is -2.02. The average Bonchev–Trinajstić information content (AvgIpc) is 2.47. The van der Waals surface area contributed by atoms with Crippen LogP contribution in [0.4, 0.5) is 0 Å². The Morgan fingerprint density at radius 2 is 2.42 bits per heavy atom. The van der Waals surface area contributed by atoms with Crippen molar-refractivity contribution in [3.63, 3.8) is 0 Å². The average molecular weight is 244 g/mol. The number of nitrogens with zero attached hydrogens (tertiary/aromatic N) is 1. The van der Waals surface area contributed by atoms with Gasteiger partial charge in [-0.2, -0.15) is 5.26 Å². The molecule has 1 aromatic rings. The Balaban J connectivity index is 2.74. The molecule has 1 nitrogen and oxygen atoms in total. The standard InChI is InChI=1S/C9H10BrNS/c1-2-3-7(6-11)8-4-5-9(10)12-8/h4-5,7H,2-3H2,1H3. The second kappa shape index (κ2) is 4.64. The van der Waals surface area contributed by atoms with Crippen molar-refractivity contribution in [2.45, 2.75) is 25.7 Å². The zero-order valence-electron chi connectivity index (χ0n) is 6.88. The van der Waals surface area contributed by atoms with E-state index in [0.717, 1.165) is 16.6 Å². The van der Waals surface area contributed by atoms with Crippen molar-refractivity contribution in [2.75, 3.05) is 0 Å². The molecule has 0 fully saturated rings. The van der Waals surface area contributed by atoms with Crippen molar-refractivity contribution in [2.24, 2.45) is 0 Å². The molecule has 0 radical (unpaired) electrons. The molecule has 0 aliphatic heterocycles. The monoisotopic (exact) mass is 243 g/mol.